The van der Waals surface area contributed by atoms with Crippen molar-refractivity contribution in [3.63, 3.8) is 0 Å². The number of benzene rings is 1. The first-order valence-electron chi connectivity index (χ1n) is 7.57. The largest absolute Gasteiger partial charge is 0.460 e. The molecule has 0 unspecified atom stereocenters. The maximum absolute atomic E-state index is 11.9. The van der Waals surface area contributed by atoms with E-state index in [0.717, 1.165) is 28.0 Å². The number of carbonyl (C=O) groups excluding carboxylic acids is 1. The van der Waals surface area contributed by atoms with Crippen molar-refractivity contribution in [1.29, 1.82) is 0 Å². The van der Waals surface area contributed by atoms with Gasteiger partial charge in [0.25, 0.3) is 0 Å². The predicted molar refractivity (Wildman–Crippen MR) is 96.0 cm³/mol. The highest BCUT2D eigenvalue weighted by atomic mass is 32.2. The average Bonchev–Trinajstić information content (AvgIpc) is 3.27. The molecule has 0 aliphatic rings. The van der Waals surface area contributed by atoms with E-state index in [4.69, 9.17) is 4.74 Å². The Morgan fingerprint density at radius 2 is 2.04 bits per heavy atom. The van der Waals surface area contributed by atoms with Crippen LogP contribution in [0.4, 0.5) is 0 Å². The molecule has 3 rings (SSSR count). The Kier molecular flexibility index (Phi) is 5.66. The molecule has 0 aliphatic carbocycles. The summed E-state index contributed by atoms with van der Waals surface area (Å²) >= 11 is 2.98. The molecule has 2 aromatic heterocycles. The summed E-state index contributed by atoms with van der Waals surface area (Å²) in [6.45, 7) is 3.08. The smallest absolute Gasteiger partial charge is 0.316 e. The molecule has 2 heterocycles. The first kappa shape index (κ1) is 16.7. The van der Waals surface area contributed by atoms with Crippen molar-refractivity contribution in [3.05, 3.63) is 53.4 Å². The van der Waals surface area contributed by atoms with Crippen molar-refractivity contribution in [2.75, 3.05) is 5.75 Å². The Morgan fingerprint density at radius 1 is 1.21 bits per heavy atom. The molecule has 5 nitrogen and oxygen atoms in total. The van der Waals surface area contributed by atoms with Crippen LogP contribution in [-0.4, -0.2) is 26.5 Å². The molecule has 0 N–H and O–H groups in total. The summed E-state index contributed by atoms with van der Waals surface area (Å²) in [6.07, 6.45) is 0. The van der Waals surface area contributed by atoms with Crippen molar-refractivity contribution in [1.82, 2.24) is 14.8 Å². The fourth-order valence-corrected chi connectivity index (χ4v) is 3.69. The number of thiophene rings is 1. The summed E-state index contributed by atoms with van der Waals surface area (Å²) in [5, 5.41) is 11.2. The van der Waals surface area contributed by atoms with Crippen molar-refractivity contribution >= 4 is 29.1 Å². The molecule has 0 atom stereocenters. The number of nitrogens with zero attached hydrogens (tertiary/aromatic N) is 3. The zero-order valence-corrected chi connectivity index (χ0v) is 14.8. The van der Waals surface area contributed by atoms with Crippen LogP contribution in [-0.2, 0) is 22.7 Å². The first-order valence-corrected chi connectivity index (χ1v) is 9.44. The zero-order chi connectivity index (χ0) is 16.8. The number of carbonyl (C=O) groups is 1. The van der Waals surface area contributed by atoms with Crippen molar-refractivity contribution in [3.8, 4) is 10.7 Å². The van der Waals surface area contributed by atoms with Gasteiger partial charge < -0.3 is 9.30 Å². The molecule has 0 aliphatic heterocycles. The first-order chi connectivity index (χ1) is 11.8. The van der Waals surface area contributed by atoms with Gasteiger partial charge in [0.15, 0.2) is 11.0 Å². The molecular weight excluding hydrogens is 342 g/mol. The summed E-state index contributed by atoms with van der Waals surface area (Å²) in [7, 11) is 0. The van der Waals surface area contributed by atoms with Gasteiger partial charge in [-0.15, -0.1) is 21.5 Å². The third-order valence-electron chi connectivity index (χ3n) is 3.34. The fraction of sp³-hybridized carbons (Fsp3) is 0.235. The minimum Gasteiger partial charge on any atom is -0.460 e. The average molecular weight is 359 g/mol. The van der Waals surface area contributed by atoms with Gasteiger partial charge in [-0.1, -0.05) is 48.2 Å². The summed E-state index contributed by atoms with van der Waals surface area (Å²) in [5.41, 5.74) is 0.979. The molecular formula is C17H17N3O2S2. The van der Waals surface area contributed by atoms with Gasteiger partial charge in [0, 0.05) is 6.54 Å². The van der Waals surface area contributed by atoms with E-state index in [2.05, 4.69) is 10.2 Å². The van der Waals surface area contributed by atoms with Gasteiger partial charge in [-0.05, 0) is 23.9 Å². The number of aromatic nitrogens is 3. The molecule has 0 spiro atoms. The second-order valence-electron chi connectivity index (χ2n) is 4.96. The van der Waals surface area contributed by atoms with Crippen LogP contribution in [0.1, 0.15) is 12.5 Å². The summed E-state index contributed by atoms with van der Waals surface area (Å²) in [6, 6.07) is 13.7. The van der Waals surface area contributed by atoms with Crippen LogP contribution >= 0.6 is 23.1 Å². The Labute approximate surface area is 148 Å². The van der Waals surface area contributed by atoms with Gasteiger partial charge in [0.2, 0.25) is 0 Å². The highest BCUT2D eigenvalue weighted by Crippen LogP contribution is 2.27. The Morgan fingerprint density at radius 3 is 2.75 bits per heavy atom. The van der Waals surface area contributed by atoms with E-state index >= 15 is 0 Å². The molecule has 0 fully saturated rings. The minimum atomic E-state index is -0.257. The minimum absolute atomic E-state index is 0.218. The highest BCUT2D eigenvalue weighted by Gasteiger charge is 2.15. The third kappa shape index (κ3) is 4.04. The maximum Gasteiger partial charge on any atom is 0.316 e. The summed E-state index contributed by atoms with van der Waals surface area (Å²) < 4.78 is 7.30. The van der Waals surface area contributed by atoms with E-state index in [1.165, 1.54) is 11.8 Å². The lowest BCUT2D eigenvalue weighted by atomic mass is 10.2. The van der Waals surface area contributed by atoms with Gasteiger partial charge in [0.1, 0.15) is 6.61 Å². The van der Waals surface area contributed by atoms with Crippen LogP contribution in [0.25, 0.3) is 10.7 Å². The lowest BCUT2D eigenvalue weighted by Gasteiger charge is -2.07. The van der Waals surface area contributed by atoms with Crippen LogP contribution in [0.3, 0.4) is 0 Å². The van der Waals surface area contributed by atoms with E-state index in [-0.39, 0.29) is 11.7 Å². The second-order valence-corrected chi connectivity index (χ2v) is 6.85. The second kappa shape index (κ2) is 8.12. The van der Waals surface area contributed by atoms with E-state index in [1.807, 2.05) is 59.3 Å². The SMILES string of the molecule is CCn1c(SCC(=O)OCc2ccccc2)nnc1-c1cccs1. The normalized spacial score (nSPS) is 10.7. The number of hydrogen-bond acceptors (Lipinski definition) is 6. The Balaban J connectivity index is 1.57. The zero-order valence-electron chi connectivity index (χ0n) is 13.2. The third-order valence-corrected chi connectivity index (χ3v) is 5.14. The van der Waals surface area contributed by atoms with Gasteiger partial charge in [0.05, 0.1) is 10.6 Å². The van der Waals surface area contributed by atoms with Crippen molar-refractivity contribution in [2.45, 2.75) is 25.2 Å². The van der Waals surface area contributed by atoms with E-state index in [9.17, 15) is 4.79 Å². The summed E-state index contributed by atoms with van der Waals surface area (Å²) in [5.74, 6) is 0.801. The number of esters is 1. The van der Waals surface area contributed by atoms with Crippen molar-refractivity contribution < 1.29 is 9.53 Å². The van der Waals surface area contributed by atoms with Crippen LogP contribution in [0.5, 0.6) is 0 Å². The fourth-order valence-electron chi connectivity index (χ4n) is 2.17. The lowest BCUT2D eigenvalue weighted by molar-refractivity contribution is -0.141. The molecule has 7 heteroatoms. The van der Waals surface area contributed by atoms with Crippen LogP contribution in [0.15, 0.2) is 53.0 Å². The molecule has 0 radical (unpaired) electrons. The number of rotatable bonds is 7. The molecule has 3 aromatic rings. The van der Waals surface area contributed by atoms with Gasteiger partial charge >= 0.3 is 5.97 Å². The lowest BCUT2D eigenvalue weighted by Crippen LogP contribution is -2.08. The Bertz CT molecular complexity index is 786. The maximum atomic E-state index is 11.9. The molecule has 0 bridgehead atoms. The van der Waals surface area contributed by atoms with E-state index < -0.39 is 0 Å². The molecule has 24 heavy (non-hydrogen) atoms. The molecule has 0 amide bonds. The summed E-state index contributed by atoms with van der Waals surface area (Å²) in [4.78, 5) is 13.0. The highest BCUT2D eigenvalue weighted by molar-refractivity contribution is 7.99. The van der Waals surface area contributed by atoms with Gasteiger partial charge in [-0.3, -0.25) is 4.79 Å². The van der Waals surface area contributed by atoms with Crippen LogP contribution < -0.4 is 0 Å². The quantitative estimate of drug-likeness (QED) is 0.473. The standard InChI is InChI=1S/C17H17N3O2S2/c1-2-20-16(14-9-6-10-23-14)18-19-17(20)24-12-15(21)22-11-13-7-4-3-5-8-13/h3-10H,2,11-12H2,1H3. The van der Waals surface area contributed by atoms with Gasteiger partial charge in [-0.25, -0.2) is 0 Å². The van der Waals surface area contributed by atoms with E-state index in [1.54, 1.807) is 11.3 Å². The molecule has 0 saturated heterocycles. The van der Waals surface area contributed by atoms with Crippen molar-refractivity contribution in [2.24, 2.45) is 0 Å². The number of hydrogen-bond donors (Lipinski definition) is 0. The number of ether oxygens (including phenoxy) is 1. The molecule has 0 saturated carbocycles. The topological polar surface area (TPSA) is 57.0 Å². The predicted octanol–water partition coefficient (Wildman–Crippen LogP) is 3.86. The Hall–Kier alpha value is -2.12. The van der Waals surface area contributed by atoms with Gasteiger partial charge in [-0.2, -0.15) is 0 Å². The number of thioether (sulfide) groups is 1. The van der Waals surface area contributed by atoms with Crippen LogP contribution in [0, 0.1) is 0 Å². The molecule has 124 valence electrons. The van der Waals surface area contributed by atoms with E-state index in [0.29, 0.717) is 6.61 Å². The monoisotopic (exact) mass is 359 g/mol. The molecule has 1 aromatic carbocycles. The van der Waals surface area contributed by atoms with Crippen LogP contribution in [0.2, 0.25) is 0 Å².